The minimum Gasteiger partial charge on any atom is -0.465 e. The van der Waals surface area contributed by atoms with E-state index in [1.165, 1.54) is 5.56 Å². The van der Waals surface area contributed by atoms with Crippen molar-refractivity contribution in [3.8, 4) is 0 Å². The van der Waals surface area contributed by atoms with Gasteiger partial charge in [0.05, 0.1) is 12.0 Å². The molecule has 20 heavy (non-hydrogen) atoms. The lowest BCUT2D eigenvalue weighted by molar-refractivity contribution is -0.151. The Morgan fingerprint density at radius 1 is 1.05 bits per heavy atom. The SMILES string of the molecule is CCOC(=O)C(C)(c1ccc(C(C)(C)C)cc1)C(C)C. The predicted molar refractivity (Wildman–Crippen MR) is 84.0 cm³/mol. The molecule has 0 fully saturated rings. The Morgan fingerprint density at radius 3 is 1.85 bits per heavy atom. The number of hydrogen-bond acceptors (Lipinski definition) is 2. The summed E-state index contributed by atoms with van der Waals surface area (Å²) in [5.74, 6) is 0.0422. The zero-order chi connectivity index (χ0) is 15.6. The van der Waals surface area contributed by atoms with Crippen molar-refractivity contribution in [2.24, 2.45) is 5.92 Å². The van der Waals surface area contributed by atoms with Crippen molar-refractivity contribution in [1.82, 2.24) is 0 Å². The van der Waals surface area contributed by atoms with Gasteiger partial charge in [-0.1, -0.05) is 58.9 Å². The quantitative estimate of drug-likeness (QED) is 0.759. The van der Waals surface area contributed by atoms with Crippen LogP contribution in [0.15, 0.2) is 24.3 Å². The second kappa shape index (κ2) is 5.99. The lowest BCUT2D eigenvalue weighted by Gasteiger charge is -2.32. The van der Waals surface area contributed by atoms with E-state index < -0.39 is 5.41 Å². The molecule has 0 saturated carbocycles. The topological polar surface area (TPSA) is 26.3 Å². The molecule has 0 radical (unpaired) electrons. The Morgan fingerprint density at radius 2 is 1.50 bits per heavy atom. The van der Waals surface area contributed by atoms with Crippen molar-refractivity contribution in [2.45, 2.75) is 59.3 Å². The van der Waals surface area contributed by atoms with Gasteiger partial charge in [0.15, 0.2) is 0 Å². The molecule has 0 aliphatic rings. The van der Waals surface area contributed by atoms with Crippen LogP contribution in [0.3, 0.4) is 0 Å². The number of carbonyl (C=O) groups is 1. The fraction of sp³-hybridized carbons (Fsp3) is 0.611. The molecule has 0 aliphatic carbocycles. The maximum absolute atomic E-state index is 12.4. The molecule has 0 saturated heterocycles. The highest BCUT2D eigenvalue weighted by Gasteiger charge is 2.39. The van der Waals surface area contributed by atoms with Gasteiger partial charge in [-0.15, -0.1) is 0 Å². The van der Waals surface area contributed by atoms with Crippen LogP contribution in [0, 0.1) is 5.92 Å². The molecule has 0 heterocycles. The maximum Gasteiger partial charge on any atom is 0.316 e. The normalized spacial score (nSPS) is 15.0. The van der Waals surface area contributed by atoms with Gasteiger partial charge in [0.25, 0.3) is 0 Å². The Bertz CT molecular complexity index is 451. The Kier molecular flexibility index (Phi) is 5.01. The number of esters is 1. The highest BCUT2D eigenvalue weighted by molar-refractivity contribution is 5.83. The Balaban J connectivity index is 3.20. The van der Waals surface area contributed by atoms with Crippen LogP contribution in [0.1, 0.15) is 59.6 Å². The van der Waals surface area contributed by atoms with Crippen molar-refractivity contribution >= 4 is 5.97 Å². The fourth-order valence-electron chi connectivity index (χ4n) is 2.28. The summed E-state index contributed by atoms with van der Waals surface area (Å²) in [5, 5.41) is 0. The van der Waals surface area contributed by atoms with Crippen molar-refractivity contribution in [2.75, 3.05) is 6.61 Å². The van der Waals surface area contributed by atoms with Gasteiger partial charge >= 0.3 is 5.97 Å². The van der Waals surface area contributed by atoms with Crippen LogP contribution in [0.2, 0.25) is 0 Å². The van der Waals surface area contributed by atoms with E-state index in [4.69, 9.17) is 4.74 Å². The zero-order valence-electron chi connectivity index (χ0n) is 13.9. The Labute approximate surface area is 123 Å². The van der Waals surface area contributed by atoms with Gasteiger partial charge in [-0.05, 0) is 36.3 Å². The lowest BCUT2D eigenvalue weighted by Crippen LogP contribution is -2.39. The van der Waals surface area contributed by atoms with Crippen LogP contribution in [0.25, 0.3) is 0 Å². The van der Waals surface area contributed by atoms with Gasteiger partial charge in [-0.3, -0.25) is 4.79 Å². The minimum atomic E-state index is -0.591. The van der Waals surface area contributed by atoms with E-state index in [-0.39, 0.29) is 17.3 Å². The van der Waals surface area contributed by atoms with E-state index in [1.807, 2.05) is 13.8 Å². The highest BCUT2D eigenvalue weighted by Crippen LogP contribution is 2.34. The molecule has 0 amide bonds. The van der Waals surface area contributed by atoms with E-state index >= 15 is 0 Å². The summed E-state index contributed by atoms with van der Waals surface area (Å²) in [7, 11) is 0. The maximum atomic E-state index is 12.4. The summed E-state index contributed by atoms with van der Waals surface area (Å²) >= 11 is 0. The zero-order valence-corrected chi connectivity index (χ0v) is 13.9. The number of benzene rings is 1. The molecular formula is C18H28O2. The van der Waals surface area contributed by atoms with Crippen LogP contribution in [-0.4, -0.2) is 12.6 Å². The fourth-order valence-corrected chi connectivity index (χ4v) is 2.28. The van der Waals surface area contributed by atoms with Crippen LogP contribution in [0.5, 0.6) is 0 Å². The molecule has 1 aromatic rings. The lowest BCUT2D eigenvalue weighted by atomic mass is 9.72. The van der Waals surface area contributed by atoms with Gasteiger partial charge in [0, 0.05) is 0 Å². The first-order valence-electron chi connectivity index (χ1n) is 7.42. The highest BCUT2D eigenvalue weighted by atomic mass is 16.5. The molecule has 2 heteroatoms. The van der Waals surface area contributed by atoms with E-state index in [2.05, 4.69) is 58.9 Å². The molecule has 0 aromatic heterocycles. The first kappa shape index (κ1) is 16.7. The summed E-state index contributed by atoms with van der Waals surface area (Å²) < 4.78 is 5.28. The van der Waals surface area contributed by atoms with E-state index in [0.717, 1.165) is 5.56 Å². The number of rotatable bonds is 4. The van der Waals surface area contributed by atoms with Gasteiger partial charge in [0.1, 0.15) is 0 Å². The Hall–Kier alpha value is -1.31. The molecule has 0 bridgehead atoms. The van der Waals surface area contributed by atoms with E-state index in [0.29, 0.717) is 6.61 Å². The average molecular weight is 276 g/mol. The van der Waals surface area contributed by atoms with Gasteiger partial charge < -0.3 is 4.74 Å². The first-order chi connectivity index (χ1) is 9.14. The van der Waals surface area contributed by atoms with Crippen molar-refractivity contribution in [1.29, 1.82) is 0 Å². The third-order valence-corrected chi connectivity index (χ3v) is 4.20. The van der Waals surface area contributed by atoms with Crippen molar-refractivity contribution in [3.63, 3.8) is 0 Å². The number of ether oxygens (including phenoxy) is 1. The molecular weight excluding hydrogens is 248 g/mol. The smallest absolute Gasteiger partial charge is 0.316 e. The molecule has 112 valence electrons. The van der Waals surface area contributed by atoms with Gasteiger partial charge in [0.2, 0.25) is 0 Å². The standard InChI is InChI=1S/C18H28O2/c1-8-20-16(19)18(7,13(2)3)15-11-9-14(10-12-15)17(4,5)6/h9-13H,8H2,1-7H3. The summed E-state index contributed by atoms with van der Waals surface area (Å²) in [5.41, 5.74) is 1.83. The molecule has 0 spiro atoms. The first-order valence-corrected chi connectivity index (χ1v) is 7.42. The predicted octanol–water partition coefficient (Wildman–Crippen LogP) is 4.46. The summed E-state index contributed by atoms with van der Waals surface area (Å²) in [6, 6.07) is 8.37. The van der Waals surface area contributed by atoms with Crippen molar-refractivity contribution < 1.29 is 9.53 Å². The molecule has 0 N–H and O–H groups in total. The van der Waals surface area contributed by atoms with Crippen LogP contribution < -0.4 is 0 Å². The summed E-state index contributed by atoms with van der Waals surface area (Å²) in [6.07, 6.45) is 0. The monoisotopic (exact) mass is 276 g/mol. The molecule has 2 nitrogen and oxygen atoms in total. The summed E-state index contributed by atoms with van der Waals surface area (Å²) in [4.78, 5) is 12.4. The molecule has 1 unspecified atom stereocenters. The second-order valence-corrected chi connectivity index (χ2v) is 6.90. The van der Waals surface area contributed by atoms with Gasteiger partial charge in [-0.25, -0.2) is 0 Å². The van der Waals surface area contributed by atoms with Crippen LogP contribution >= 0.6 is 0 Å². The third-order valence-electron chi connectivity index (χ3n) is 4.20. The minimum absolute atomic E-state index is 0.122. The molecule has 1 atom stereocenters. The van der Waals surface area contributed by atoms with Crippen LogP contribution in [-0.2, 0) is 20.4 Å². The summed E-state index contributed by atoms with van der Waals surface area (Å²) in [6.45, 7) is 14.9. The number of hydrogen-bond donors (Lipinski definition) is 0. The largest absolute Gasteiger partial charge is 0.465 e. The molecule has 0 aliphatic heterocycles. The second-order valence-electron chi connectivity index (χ2n) is 6.90. The molecule has 1 rings (SSSR count). The molecule has 1 aromatic carbocycles. The van der Waals surface area contributed by atoms with E-state index in [1.54, 1.807) is 0 Å². The van der Waals surface area contributed by atoms with Crippen LogP contribution in [0.4, 0.5) is 0 Å². The number of carbonyl (C=O) groups excluding carboxylic acids is 1. The third kappa shape index (κ3) is 3.23. The van der Waals surface area contributed by atoms with Crippen molar-refractivity contribution in [3.05, 3.63) is 35.4 Å². The van der Waals surface area contributed by atoms with Gasteiger partial charge in [-0.2, -0.15) is 0 Å². The van der Waals surface area contributed by atoms with E-state index in [9.17, 15) is 4.79 Å². The average Bonchev–Trinajstić information content (AvgIpc) is 2.37.